The second kappa shape index (κ2) is 5.47. The van der Waals surface area contributed by atoms with E-state index >= 15 is 0 Å². The Hall–Kier alpha value is -0.570. The van der Waals surface area contributed by atoms with Crippen LogP contribution < -0.4 is 0 Å². The van der Waals surface area contributed by atoms with E-state index in [0.29, 0.717) is 12.8 Å². The number of aliphatic hydroxyl groups is 4. The Morgan fingerprint density at radius 3 is 2.35 bits per heavy atom. The summed E-state index contributed by atoms with van der Waals surface area (Å²) >= 11 is 0. The van der Waals surface area contributed by atoms with Gasteiger partial charge in [0.2, 0.25) is 0 Å². The van der Waals surface area contributed by atoms with E-state index in [9.17, 15) is 25.2 Å². The highest BCUT2D eigenvalue weighted by molar-refractivity contribution is 5.90. The molecule has 4 N–H and O–H groups in total. The number of aliphatic hydroxyl groups excluding tert-OH is 4. The fourth-order valence-corrected chi connectivity index (χ4v) is 4.47. The first-order chi connectivity index (χ1) is 10.6. The fraction of sp³-hybridized carbons (Fsp3) is 0.938. The van der Waals surface area contributed by atoms with Gasteiger partial charge in [-0.3, -0.25) is 4.79 Å². The van der Waals surface area contributed by atoms with Gasteiger partial charge in [0, 0.05) is 6.42 Å². The van der Waals surface area contributed by atoms with E-state index in [0.717, 1.165) is 0 Å². The first-order valence-corrected chi connectivity index (χ1v) is 8.13. The minimum Gasteiger partial charge on any atom is -0.394 e. The fourth-order valence-electron chi connectivity index (χ4n) is 4.47. The van der Waals surface area contributed by atoms with E-state index in [1.54, 1.807) is 0 Å². The number of ether oxygens (including phenoxy) is 2. The van der Waals surface area contributed by atoms with Crippen molar-refractivity contribution >= 4 is 5.78 Å². The maximum Gasteiger partial charge on any atom is 0.187 e. The Bertz CT molecular complexity index is 491. The van der Waals surface area contributed by atoms with Crippen LogP contribution in [0.15, 0.2) is 0 Å². The number of hydrogen-bond acceptors (Lipinski definition) is 7. The average molecular weight is 330 g/mol. The van der Waals surface area contributed by atoms with Gasteiger partial charge in [-0.1, -0.05) is 13.8 Å². The summed E-state index contributed by atoms with van der Waals surface area (Å²) in [7, 11) is 0. The van der Waals surface area contributed by atoms with Gasteiger partial charge in [0.25, 0.3) is 0 Å². The predicted molar refractivity (Wildman–Crippen MR) is 78.3 cm³/mol. The van der Waals surface area contributed by atoms with E-state index in [-0.39, 0.29) is 17.1 Å². The molecule has 0 aromatic rings. The molecule has 0 aromatic carbocycles. The normalized spacial score (nSPS) is 52.1. The molecule has 1 aliphatic heterocycles. The van der Waals surface area contributed by atoms with E-state index in [1.165, 1.54) is 0 Å². The standard InChI is InChI=1S/C16H26O7/c1-15(2)7-4-9(18)16(15,3)10(5-7)23-14-13(21)12(20)11(19)8(6-17)22-14/h7-8,10-14,17,19-21H,4-6H2,1-3H3/t7-,8-,10-,11-,12+,13-,14+,16+/m1/s1. The van der Waals surface area contributed by atoms with Crippen molar-refractivity contribution < 1.29 is 34.7 Å². The van der Waals surface area contributed by atoms with Crippen molar-refractivity contribution in [2.75, 3.05) is 6.61 Å². The number of fused-ring (bicyclic) bond motifs is 2. The van der Waals surface area contributed by atoms with Gasteiger partial charge in [-0.05, 0) is 24.7 Å². The third-order valence-electron chi connectivity index (χ3n) is 6.66. The molecule has 2 aliphatic carbocycles. The molecular formula is C16H26O7. The smallest absolute Gasteiger partial charge is 0.187 e. The molecule has 0 spiro atoms. The van der Waals surface area contributed by atoms with Crippen LogP contribution in [0.3, 0.4) is 0 Å². The monoisotopic (exact) mass is 330 g/mol. The zero-order chi connectivity index (χ0) is 17.2. The van der Waals surface area contributed by atoms with Crippen molar-refractivity contribution in [2.24, 2.45) is 16.7 Å². The van der Waals surface area contributed by atoms with Crippen molar-refractivity contribution in [3.05, 3.63) is 0 Å². The SMILES string of the molecule is CC1(C)[C@@H]2CC(=O)[C@@]1(C)[C@H](O[C@@H]1O[C@H](CO)[C@@H](O)[C@H](O)[C@H]1O)C2. The lowest BCUT2D eigenvalue weighted by Crippen LogP contribution is -2.60. The minimum atomic E-state index is -1.47. The maximum absolute atomic E-state index is 12.4. The van der Waals surface area contributed by atoms with Gasteiger partial charge in [0.15, 0.2) is 6.29 Å². The van der Waals surface area contributed by atoms with Crippen molar-refractivity contribution in [1.29, 1.82) is 0 Å². The molecule has 1 saturated heterocycles. The number of carbonyl (C=O) groups excluding carboxylic acids is 1. The maximum atomic E-state index is 12.4. The molecule has 2 bridgehead atoms. The summed E-state index contributed by atoms with van der Waals surface area (Å²) in [6.45, 7) is 5.50. The van der Waals surface area contributed by atoms with Gasteiger partial charge >= 0.3 is 0 Å². The lowest BCUT2D eigenvalue weighted by molar-refractivity contribution is -0.317. The molecule has 1 heterocycles. The van der Waals surface area contributed by atoms with E-state index < -0.39 is 48.8 Å². The molecular weight excluding hydrogens is 304 g/mol. The summed E-state index contributed by atoms with van der Waals surface area (Å²) in [5, 5.41) is 39.0. The third kappa shape index (κ3) is 2.22. The first kappa shape index (κ1) is 17.3. The van der Waals surface area contributed by atoms with Crippen LogP contribution in [0.2, 0.25) is 0 Å². The van der Waals surface area contributed by atoms with E-state index in [4.69, 9.17) is 9.47 Å². The summed E-state index contributed by atoms with van der Waals surface area (Å²) in [5.74, 6) is 0.364. The Labute approximate surface area is 135 Å². The minimum absolute atomic E-state index is 0.147. The van der Waals surface area contributed by atoms with Crippen LogP contribution in [-0.4, -0.2) is 69.6 Å². The quantitative estimate of drug-likeness (QED) is 0.535. The van der Waals surface area contributed by atoms with Crippen LogP contribution in [0, 0.1) is 16.7 Å². The second-order valence-corrected chi connectivity index (χ2v) is 7.81. The van der Waals surface area contributed by atoms with Crippen LogP contribution >= 0.6 is 0 Å². The van der Waals surface area contributed by atoms with Crippen molar-refractivity contribution in [1.82, 2.24) is 0 Å². The Morgan fingerprint density at radius 2 is 1.83 bits per heavy atom. The molecule has 3 rings (SSSR count). The Balaban J connectivity index is 1.79. The first-order valence-electron chi connectivity index (χ1n) is 8.13. The lowest BCUT2D eigenvalue weighted by Gasteiger charge is -2.43. The molecule has 7 nitrogen and oxygen atoms in total. The van der Waals surface area contributed by atoms with Gasteiger partial charge in [-0.2, -0.15) is 0 Å². The van der Waals surface area contributed by atoms with Gasteiger partial charge in [-0.15, -0.1) is 0 Å². The summed E-state index contributed by atoms with van der Waals surface area (Å²) < 4.78 is 11.3. The summed E-state index contributed by atoms with van der Waals surface area (Å²) in [6, 6.07) is 0. The third-order valence-corrected chi connectivity index (χ3v) is 6.66. The topological polar surface area (TPSA) is 116 Å². The van der Waals surface area contributed by atoms with Gasteiger partial charge in [0.05, 0.1) is 18.1 Å². The van der Waals surface area contributed by atoms with Crippen LogP contribution in [0.4, 0.5) is 0 Å². The molecule has 0 aromatic heterocycles. The van der Waals surface area contributed by atoms with Gasteiger partial charge in [0.1, 0.15) is 30.2 Å². The van der Waals surface area contributed by atoms with Gasteiger partial charge in [-0.25, -0.2) is 0 Å². The van der Waals surface area contributed by atoms with Crippen LogP contribution in [-0.2, 0) is 14.3 Å². The molecule has 23 heavy (non-hydrogen) atoms. The summed E-state index contributed by atoms with van der Waals surface area (Å²) in [6.07, 6.45) is -5.71. The van der Waals surface area contributed by atoms with Crippen LogP contribution in [0.25, 0.3) is 0 Å². The van der Waals surface area contributed by atoms with Crippen molar-refractivity contribution in [3.8, 4) is 0 Å². The van der Waals surface area contributed by atoms with E-state index in [1.807, 2.05) is 6.92 Å². The Morgan fingerprint density at radius 1 is 1.17 bits per heavy atom. The molecule has 7 heteroatoms. The zero-order valence-corrected chi connectivity index (χ0v) is 13.7. The lowest BCUT2D eigenvalue weighted by atomic mass is 9.69. The summed E-state index contributed by atoms with van der Waals surface area (Å²) in [4.78, 5) is 12.4. The molecule has 132 valence electrons. The Kier molecular flexibility index (Phi) is 4.11. The number of carbonyl (C=O) groups is 1. The largest absolute Gasteiger partial charge is 0.394 e. The average Bonchev–Trinajstić information content (AvgIpc) is 2.79. The number of ketones is 1. The van der Waals surface area contributed by atoms with Crippen LogP contribution in [0.5, 0.6) is 0 Å². The predicted octanol–water partition coefficient (Wildman–Crippen LogP) is -0.803. The molecule has 0 radical (unpaired) electrons. The van der Waals surface area contributed by atoms with Crippen molar-refractivity contribution in [2.45, 2.75) is 70.4 Å². The number of Topliss-reactive ketones (excluding diaryl/α,β-unsaturated/α-hetero) is 1. The molecule has 2 saturated carbocycles. The molecule has 3 aliphatic rings. The van der Waals surface area contributed by atoms with E-state index in [2.05, 4.69) is 13.8 Å². The summed E-state index contributed by atoms with van der Waals surface area (Å²) in [5.41, 5.74) is -0.876. The molecule has 0 amide bonds. The molecule has 0 unspecified atom stereocenters. The van der Waals surface area contributed by atoms with Gasteiger partial charge < -0.3 is 29.9 Å². The highest BCUT2D eigenvalue weighted by atomic mass is 16.7. The highest BCUT2D eigenvalue weighted by Crippen LogP contribution is 2.64. The number of rotatable bonds is 3. The van der Waals surface area contributed by atoms with Crippen LogP contribution in [0.1, 0.15) is 33.6 Å². The second-order valence-electron chi connectivity index (χ2n) is 7.81. The molecule has 3 fully saturated rings. The molecule has 8 atom stereocenters. The zero-order valence-electron chi connectivity index (χ0n) is 13.7. The van der Waals surface area contributed by atoms with Crippen molar-refractivity contribution in [3.63, 3.8) is 0 Å². The number of hydrogen-bond donors (Lipinski definition) is 4. The highest BCUT2D eigenvalue weighted by Gasteiger charge is 2.67.